The molecule has 2 N–H and O–H groups in total. The molecular weight excluding hydrogens is 392 g/mol. The van der Waals surface area contributed by atoms with Crippen molar-refractivity contribution in [1.29, 1.82) is 0 Å². The van der Waals surface area contributed by atoms with E-state index in [0.29, 0.717) is 42.3 Å². The summed E-state index contributed by atoms with van der Waals surface area (Å²) in [4.78, 5) is 23.7. The predicted octanol–water partition coefficient (Wildman–Crippen LogP) is 3.22. The number of carbonyl (C=O) groups excluding carboxylic acids is 2. The molecule has 0 spiro atoms. The van der Waals surface area contributed by atoms with E-state index >= 15 is 0 Å². The molecule has 2 heterocycles. The van der Waals surface area contributed by atoms with Gasteiger partial charge in [-0.05, 0) is 54.4 Å². The number of carbonyl (C=O) groups is 2. The number of aromatic nitrogens is 2. The molecule has 1 aromatic heterocycles. The van der Waals surface area contributed by atoms with E-state index in [9.17, 15) is 9.59 Å². The zero-order valence-corrected chi connectivity index (χ0v) is 16.3. The molecule has 1 aliphatic rings. The first-order valence-corrected chi connectivity index (χ1v) is 9.61. The van der Waals surface area contributed by atoms with Gasteiger partial charge in [-0.3, -0.25) is 9.59 Å². The first-order chi connectivity index (χ1) is 14.1. The first-order valence-electron chi connectivity index (χ1n) is 9.23. The van der Waals surface area contributed by atoms with Crippen molar-refractivity contribution in [2.75, 3.05) is 18.5 Å². The van der Waals surface area contributed by atoms with Crippen molar-refractivity contribution in [2.24, 2.45) is 0 Å². The van der Waals surface area contributed by atoms with Crippen LogP contribution in [-0.4, -0.2) is 34.7 Å². The molecule has 8 heteroatoms. The highest BCUT2D eigenvalue weighted by molar-refractivity contribution is 6.30. The summed E-state index contributed by atoms with van der Waals surface area (Å²) in [6.45, 7) is 0.695. The van der Waals surface area contributed by atoms with Gasteiger partial charge in [-0.1, -0.05) is 11.6 Å². The second-order valence-corrected chi connectivity index (χ2v) is 7.06. The molecule has 0 saturated heterocycles. The smallest absolute Gasteiger partial charge is 0.254 e. The molecule has 7 nitrogen and oxygen atoms in total. The number of rotatable bonds is 6. The van der Waals surface area contributed by atoms with E-state index in [-0.39, 0.29) is 11.8 Å². The number of aryl methyl sites for hydroxylation is 1. The largest absolute Gasteiger partial charge is 0.492 e. The maximum absolute atomic E-state index is 12.3. The monoisotopic (exact) mass is 410 g/mol. The summed E-state index contributed by atoms with van der Waals surface area (Å²) in [6, 6.07) is 12.8. The predicted molar refractivity (Wildman–Crippen MR) is 110 cm³/mol. The minimum atomic E-state index is -0.220. The van der Waals surface area contributed by atoms with Gasteiger partial charge >= 0.3 is 0 Å². The van der Waals surface area contributed by atoms with Gasteiger partial charge in [0.05, 0.1) is 24.0 Å². The van der Waals surface area contributed by atoms with Gasteiger partial charge in [0.15, 0.2) is 0 Å². The lowest BCUT2D eigenvalue weighted by Crippen LogP contribution is -2.27. The standard InChI is InChI=1S/C21H19ClN4O3/c22-16-2-4-17(5-3-16)26-13-15(12-24-26)21(28)23-9-10-29-18-6-7-19-14(11-18)1-8-20(27)25-19/h2-7,11-13H,1,8-10H2,(H,23,28)(H,25,27). The molecule has 2 amide bonds. The normalized spacial score (nSPS) is 12.8. The van der Waals surface area contributed by atoms with Gasteiger partial charge < -0.3 is 15.4 Å². The van der Waals surface area contributed by atoms with Crippen LogP contribution < -0.4 is 15.4 Å². The third-order valence-electron chi connectivity index (χ3n) is 4.56. The molecule has 3 aromatic rings. The van der Waals surface area contributed by atoms with Gasteiger partial charge in [0.1, 0.15) is 12.4 Å². The zero-order valence-electron chi connectivity index (χ0n) is 15.5. The van der Waals surface area contributed by atoms with Gasteiger partial charge in [-0.25, -0.2) is 4.68 Å². The van der Waals surface area contributed by atoms with Crippen LogP contribution in [0.5, 0.6) is 5.75 Å². The van der Waals surface area contributed by atoms with Crippen LogP contribution >= 0.6 is 11.6 Å². The lowest BCUT2D eigenvalue weighted by atomic mass is 10.0. The van der Waals surface area contributed by atoms with Crippen LogP contribution in [0.2, 0.25) is 5.02 Å². The van der Waals surface area contributed by atoms with Crippen molar-refractivity contribution >= 4 is 29.1 Å². The summed E-state index contributed by atoms with van der Waals surface area (Å²) in [6.07, 6.45) is 4.36. The summed E-state index contributed by atoms with van der Waals surface area (Å²) in [7, 11) is 0. The number of nitrogens with one attached hydrogen (secondary N) is 2. The summed E-state index contributed by atoms with van der Waals surface area (Å²) < 4.78 is 7.33. The quantitative estimate of drug-likeness (QED) is 0.611. The van der Waals surface area contributed by atoms with E-state index in [1.807, 2.05) is 30.3 Å². The Morgan fingerprint density at radius 2 is 2.03 bits per heavy atom. The number of benzene rings is 2. The number of hydrogen-bond donors (Lipinski definition) is 2. The molecule has 0 bridgehead atoms. The summed E-state index contributed by atoms with van der Waals surface area (Å²) in [5.74, 6) is 0.528. The summed E-state index contributed by atoms with van der Waals surface area (Å²) in [5, 5.41) is 10.5. The molecule has 0 saturated carbocycles. The molecule has 1 aliphatic heterocycles. The average molecular weight is 411 g/mol. The van der Waals surface area contributed by atoms with Gasteiger partial charge in [0.25, 0.3) is 5.91 Å². The zero-order chi connectivity index (χ0) is 20.2. The van der Waals surface area contributed by atoms with E-state index in [2.05, 4.69) is 15.7 Å². The fourth-order valence-corrected chi connectivity index (χ4v) is 3.19. The Labute approximate surface area is 172 Å². The second kappa shape index (κ2) is 8.36. The number of halogens is 1. The number of ether oxygens (including phenoxy) is 1. The molecule has 0 aliphatic carbocycles. The number of amides is 2. The molecule has 0 atom stereocenters. The van der Waals surface area contributed by atoms with Crippen LogP contribution in [0.15, 0.2) is 54.9 Å². The molecule has 0 radical (unpaired) electrons. The maximum atomic E-state index is 12.3. The average Bonchev–Trinajstić information content (AvgIpc) is 3.22. The van der Waals surface area contributed by atoms with Crippen LogP contribution in [0.3, 0.4) is 0 Å². The number of fused-ring (bicyclic) bond motifs is 1. The number of anilines is 1. The Morgan fingerprint density at radius 3 is 2.86 bits per heavy atom. The molecule has 0 fully saturated rings. The van der Waals surface area contributed by atoms with Gasteiger partial charge in [0.2, 0.25) is 5.91 Å². The van der Waals surface area contributed by atoms with Crippen LogP contribution in [0.1, 0.15) is 22.3 Å². The maximum Gasteiger partial charge on any atom is 0.254 e. The molecule has 4 rings (SSSR count). The Kier molecular flexibility index (Phi) is 5.48. The van der Waals surface area contributed by atoms with Crippen molar-refractivity contribution < 1.29 is 14.3 Å². The lowest BCUT2D eigenvalue weighted by Gasteiger charge is -2.17. The van der Waals surface area contributed by atoms with Crippen molar-refractivity contribution in [3.05, 3.63) is 71.0 Å². The Morgan fingerprint density at radius 1 is 1.21 bits per heavy atom. The second-order valence-electron chi connectivity index (χ2n) is 6.62. The third-order valence-corrected chi connectivity index (χ3v) is 4.82. The molecule has 0 unspecified atom stereocenters. The minimum absolute atomic E-state index is 0.0354. The lowest BCUT2D eigenvalue weighted by molar-refractivity contribution is -0.116. The van der Waals surface area contributed by atoms with Crippen LogP contribution in [-0.2, 0) is 11.2 Å². The topological polar surface area (TPSA) is 85.2 Å². The number of nitrogens with zero attached hydrogens (tertiary/aromatic N) is 2. The van der Waals surface area contributed by atoms with Crippen molar-refractivity contribution in [2.45, 2.75) is 12.8 Å². The highest BCUT2D eigenvalue weighted by atomic mass is 35.5. The molecular formula is C21H19ClN4O3. The van der Waals surface area contributed by atoms with E-state index in [1.54, 1.807) is 23.0 Å². The van der Waals surface area contributed by atoms with Crippen LogP contribution in [0.4, 0.5) is 5.69 Å². The van der Waals surface area contributed by atoms with Crippen LogP contribution in [0, 0.1) is 0 Å². The molecule has 148 valence electrons. The Balaban J connectivity index is 1.27. The highest BCUT2D eigenvalue weighted by Crippen LogP contribution is 2.26. The first kappa shape index (κ1) is 19.0. The van der Waals surface area contributed by atoms with E-state index in [0.717, 1.165) is 16.9 Å². The Hall–Kier alpha value is -3.32. The number of hydrogen-bond acceptors (Lipinski definition) is 4. The Bertz CT molecular complexity index is 1050. The minimum Gasteiger partial charge on any atom is -0.492 e. The van der Waals surface area contributed by atoms with Gasteiger partial charge in [0, 0.05) is 23.3 Å². The van der Waals surface area contributed by atoms with Gasteiger partial charge in [-0.15, -0.1) is 0 Å². The highest BCUT2D eigenvalue weighted by Gasteiger charge is 2.15. The van der Waals surface area contributed by atoms with E-state index in [4.69, 9.17) is 16.3 Å². The van der Waals surface area contributed by atoms with Crippen molar-refractivity contribution in [3.8, 4) is 11.4 Å². The van der Waals surface area contributed by atoms with E-state index < -0.39 is 0 Å². The molecule has 29 heavy (non-hydrogen) atoms. The summed E-state index contributed by atoms with van der Waals surface area (Å²) in [5.41, 5.74) is 3.17. The van der Waals surface area contributed by atoms with Gasteiger partial charge in [-0.2, -0.15) is 5.10 Å². The summed E-state index contributed by atoms with van der Waals surface area (Å²) >= 11 is 5.89. The third kappa shape index (κ3) is 4.57. The fraction of sp³-hybridized carbons (Fsp3) is 0.190. The SMILES string of the molecule is O=C1CCc2cc(OCCNC(=O)c3cnn(-c4ccc(Cl)cc4)c3)ccc2N1. The van der Waals surface area contributed by atoms with Crippen molar-refractivity contribution in [3.63, 3.8) is 0 Å². The molecule has 2 aromatic carbocycles. The fourth-order valence-electron chi connectivity index (χ4n) is 3.06. The van der Waals surface area contributed by atoms with Crippen LogP contribution in [0.25, 0.3) is 5.69 Å². The van der Waals surface area contributed by atoms with E-state index in [1.165, 1.54) is 6.20 Å². The van der Waals surface area contributed by atoms with Crippen molar-refractivity contribution in [1.82, 2.24) is 15.1 Å².